The number of morpholine rings is 1. The predicted octanol–water partition coefficient (Wildman–Crippen LogP) is 1.96. The minimum atomic E-state index is 0.753. The van der Waals surface area contributed by atoms with Crippen molar-refractivity contribution in [1.82, 2.24) is 15.2 Å². The lowest BCUT2D eigenvalue weighted by atomic mass is 10.2. The zero-order valence-corrected chi connectivity index (χ0v) is 12.5. The smallest absolute Gasteiger partial charge is 0.107 e. The fraction of sp³-hybridized carbons (Fsp3) is 0.786. The van der Waals surface area contributed by atoms with Crippen LogP contribution in [0.25, 0.3) is 0 Å². The number of aromatic nitrogens is 1. The molecule has 106 valence electrons. The summed E-state index contributed by atoms with van der Waals surface area (Å²) in [6.45, 7) is 8.99. The van der Waals surface area contributed by atoms with Gasteiger partial charge in [0.25, 0.3) is 0 Å². The van der Waals surface area contributed by atoms with Crippen molar-refractivity contribution in [3.8, 4) is 0 Å². The van der Waals surface area contributed by atoms with E-state index in [0.717, 1.165) is 51.9 Å². The lowest BCUT2D eigenvalue weighted by molar-refractivity contribution is 0.0341. The summed E-state index contributed by atoms with van der Waals surface area (Å²) in [6.07, 6.45) is 2.67. The average Bonchev–Trinajstić information content (AvgIpc) is 3.20. The molecule has 1 aromatic heterocycles. The Kier molecular flexibility index (Phi) is 4.48. The summed E-state index contributed by atoms with van der Waals surface area (Å²) in [5.74, 6) is 0.753. The van der Waals surface area contributed by atoms with Gasteiger partial charge in [0.05, 0.1) is 25.5 Å². The molecule has 3 rings (SSSR count). The molecule has 1 aliphatic carbocycles. The van der Waals surface area contributed by atoms with E-state index in [9.17, 15) is 0 Å². The van der Waals surface area contributed by atoms with E-state index >= 15 is 0 Å². The van der Waals surface area contributed by atoms with Crippen molar-refractivity contribution in [3.05, 3.63) is 15.6 Å². The molecule has 1 aromatic rings. The third-order valence-electron chi connectivity index (χ3n) is 3.73. The number of hydrogen-bond donors (Lipinski definition) is 1. The lowest BCUT2D eigenvalue weighted by Crippen LogP contribution is -2.35. The van der Waals surface area contributed by atoms with Gasteiger partial charge in [0.1, 0.15) is 5.01 Å². The maximum atomic E-state index is 5.40. The highest BCUT2D eigenvalue weighted by Gasteiger charge is 2.29. The quantitative estimate of drug-likeness (QED) is 0.865. The summed E-state index contributed by atoms with van der Waals surface area (Å²) in [5.41, 5.74) is 1.38. The van der Waals surface area contributed by atoms with Crippen molar-refractivity contribution in [2.45, 2.75) is 38.8 Å². The van der Waals surface area contributed by atoms with Crippen molar-refractivity contribution in [2.75, 3.05) is 32.8 Å². The molecule has 0 aromatic carbocycles. The standard InChI is InChI=1S/C14H23N3OS/c1-2-15-9-12-14(11-3-4-11)16-13(19-12)10-17-5-7-18-8-6-17/h11,15H,2-10H2,1H3. The summed E-state index contributed by atoms with van der Waals surface area (Å²) in [6, 6.07) is 0. The van der Waals surface area contributed by atoms with Gasteiger partial charge in [-0.3, -0.25) is 4.90 Å². The molecule has 0 amide bonds. The molecule has 19 heavy (non-hydrogen) atoms. The molecule has 0 spiro atoms. The van der Waals surface area contributed by atoms with Crippen LogP contribution >= 0.6 is 11.3 Å². The summed E-state index contributed by atoms with van der Waals surface area (Å²) >= 11 is 1.91. The Bertz CT molecular complexity index is 411. The van der Waals surface area contributed by atoms with Gasteiger partial charge >= 0.3 is 0 Å². The van der Waals surface area contributed by atoms with Gasteiger partial charge in [-0.05, 0) is 19.4 Å². The predicted molar refractivity (Wildman–Crippen MR) is 77.6 cm³/mol. The molecule has 2 heterocycles. The molecule has 2 aliphatic rings. The highest BCUT2D eigenvalue weighted by Crippen LogP contribution is 2.42. The first-order valence-corrected chi connectivity index (χ1v) is 8.17. The fourth-order valence-electron chi connectivity index (χ4n) is 2.47. The molecular formula is C14H23N3OS. The molecule has 0 bridgehead atoms. The Morgan fingerprint density at radius 3 is 2.84 bits per heavy atom. The van der Waals surface area contributed by atoms with Crippen LogP contribution in [-0.4, -0.2) is 42.7 Å². The van der Waals surface area contributed by atoms with Crippen molar-refractivity contribution in [2.24, 2.45) is 0 Å². The second kappa shape index (κ2) is 6.31. The van der Waals surface area contributed by atoms with E-state index in [2.05, 4.69) is 17.1 Å². The SMILES string of the molecule is CCNCc1sc(CN2CCOCC2)nc1C1CC1. The van der Waals surface area contributed by atoms with E-state index in [4.69, 9.17) is 9.72 Å². The molecule has 0 atom stereocenters. The number of thiazole rings is 1. The summed E-state index contributed by atoms with van der Waals surface area (Å²) in [7, 11) is 0. The number of ether oxygens (including phenoxy) is 1. The van der Waals surface area contributed by atoms with E-state index in [-0.39, 0.29) is 0 Å². The Labute approximate surface area is 119 Å². The minimum absolute atomic E-state index is 0.753. The van der Waals surface area contributed by atoms with Gasteiger partial charge in [0.15, 0.2) is 0 Å². The van der Waals surface area contributed by atoms with Crippen LogP contribution in [0.3, 0.4) is 0 Å². The number of nitrogens with zero attached hydrogens (tertiary/aromatic N) is 2. The van der Waals surface area contributed by atoms with E-state index in [0.29, 0.717) is 0 Å². The van der Waals surface area contributed by atoms with Crippen LogP contribution in [0, 0.1) is 0 Å². The molecule has 1 saturated carbocycles. The van der Waals surface area contributed by atoms with Crippen LogP contribution in [0.5, 0.6) is 0 Å². The monoisotopic (exact) mass is 281 g/mol. The molecule has 1 N–H and O–H groups in total. The van der Waals surface area contributed by atoms with Crippen LogP contribution < -0.4 is 5.32 Å². The van der Waals surface area contributed by atoms with Gasteiger partial charge in [0.2, 0.25) is 0 Å². The largest absolute Gasteiger partial charge is 0.379 e. The molecule has 4 nitrogen and oxygen atoms in total. The van der Waals surface area contributed by atoms with Gasteiger partial charge in [-0.15, -0.1) is 11.3 Å². The molecule has 5 heteroatoms. The van der Waals surface area contributed by atoms with Gasteiger partial charge in [-0.2, -0.15) is 0 Å². The average molecular weight is 281 g/mol. The van der Waals surface area contributed by atoms with Crippen LogP contribution in [0.1, 0.15) is 41.3 Å². The highest BCUT2D eigenvalue weighted by atomic mass is 32.1. The Hall–Kier alpha value is -0.490. The maximum absolute atomic E-state index is 5.40. The molecule has 1 saturated heterocycles. The fourth-order valence-corrected chi connectivity index (χ4v) is 3.64. The molecule has 0 unspecified atom stereocenters. The first-order chi connectivity index (χ1) is 9.36. The first kappa shape index (κ1) is 13.5. The van der Waals surface area contributed by atoms with Crippen molar-refractivity contribution in [3.63, 3.8) is 0 Å². The zero-order valence-electron chi connectivity index (χ0n) is 11.7. The number of hydrogen-bond acceptors (Lipinski definition) is 5. The van der Waals surface area contributed by atoms with Crippen molar-refractivity contribution < 1.29 is 4.74 Å². The zero-order chi connectivity index (χ0) is 13.1. The molecular weight excluding hydrogens is 258 g/mol. The van der Waals surface area contributed by atoms with E-state index in [1.54, 1.807) is 0 Å². The molecule has 2 fully saturated rings. The van der Waals surface area contributed by atoms with Gasteiger partial charge in [-0.1, -0.05) is 6.92 Å². The van der Waals surface area contributed by atoms with Crippen molar-refractivity contribution in [1.29, 1.82) is 0 Å². The third kappa shape index (κ3) is 3.54. The third-order valence-corrected chi connectivity index (χ3v) is 4.79. The lowest BCUT2D eigenvalue weighted by Gasteiger charge is -2.25. The van der Waals surface area contributed by atoms with Gasteiger partial charge in [-0.25, -0.2) is 4.98 Å². The van der Waals surface area contributed by atoms with E-state index in [1.807, 2.05) is 11.3 Å². The van der Waals surface area contributed by atoms with E-state index in [1.165, 1.54) is 28.4 Å². The van der Waals surface area contributed by atoms with Crippen LogP contribution in [0.15, 0.2) is 0 Å². The highest BCUT2D eigenvalue weighted by molar-refractivity contribution is 7.11. The topological polar surface area (TPSA) is 37.4 Å². The van der Waals surface area contributed by atoms with Gasteiger partial charge < -0.3 is 10.1 Å². The second-order valence-corrected chi connectivity index (χ2v) is 6.53. The van der Waals surface area contributed by atoms with Crippen molar-refractivity contribution >= 4 is 11.3 Å². The normalized spacial score (nSPS) is 20.9. The molecule has 1 aliphatic heterocycles. The van der Waals surface area contributed by atoms with Crippen LogP contribution in [0.2, 0.25) is 0 Å². The summed E-state index contributed by atoms with van der Waals surface area (Å²) < 4.78 is 5.40. The Morgan fingerprint density at radius 2 is 2.16 bits per heavy atom. The number of nitrogens with one attached hydrogen (secondary N) is 1. The molecule has 0 radical (unpaired) electrons. The Balaban J connectivity index is 1.66. The minimum Gasteiger partial charge on any atom is -0.379 e. The first-order valence-electron chi connectivity index (χ1n) is 7.36. The van der Waals surface area contributed by atoms with Crippen LogP contribution in [0.4, 0.5) is 0 Å². The summed E-state index contributed by atoms with van der Waals surface area (Å²) in [4.78, 5) is 8.84. The van der Waals surface area contributed by atoms with Crippen LogP contribution in [-0.2, 0) is 17.8 Å². The summed E-state index contributed by atoms with van der Waals surface area (Å²) in [5, 5.41) is 4.73. The van der Waals surface area contributed by atoms with E-state index < -0.39 is 0 Å². The van der Waals surface area contributed by atoms with Gasteiger partial charge in [0, 0.05) is 30.4 Å². The second-order valence-electron chi connectivity index (χ2n) is 5.36. The maximum Gasteiger partial charge on any atom is 0.107 e. The Morgan fingerprint density at radius 1 is 1.37 bits per heavy atom. The number of rotatable bonds is 6.